The molecular weight excluding hydrogens is 271 g/mol. The molecule has 0 aromatic heterocycles. The van der Waals surface area contributed by atoms with Crippen molar-refractivity contribution in [3.8, 4) is 5.75 Å². The van der Waals surface area contributed by atoms with E-state index < -0.39 is 23.9 Å². The average Bonchev–Trinajstić information content (AvgIpc) is 2.42. The Morgan fingerprint density at radius 3 is 2.50 bits per heavy atom. The van der Waals surface area contributed by atoms with Crippen LogP contribution in [0, 0.1) is 0 Å². The first-order chi connectivity index (χ1) is 9.31. The summed E-state index contributed by atoms with van der Waals surface area (Å²) in [6, 6.07) is 2.35. The monoisotopic (exact) mass is 291 g/mol. The maximum atomic E-state index is 12.6. The smallest absolute Gasteiger partial charge is 0.416 e. The van der Waals surface area contributed by atoms with Crippen LogP contribution in [0.15, 0.2) is 18.2 Å². The number of nitrogens with two attached hydrogens (primary N) is 1. The molecule has 1 aromatic carbocycles. The molecule has 0 unspecified atom stereocenters. The fraction of sp³-hybridized carbons (Fsp3) is 0.571. The van der Waals surface area contributed by atoms with Crippen LogP contribution in [0.3, 0.4) is 0 Å². The van der Waals surface area contributed by atoms with Crippen LogP contribution in [0.1, 0.15) is 43.4 Å². The van der Waals surface area contributed by atoms with E-state index >= 15 is 0 Å². The normalized spacial score (nSPS) is 14.9. The van der Waals surface area contributed by atoms with Crippen LogP contribution in [0.4, 0.5) is 13.2 Å². The molecule has 0 amide bonds. The van der Waals surface area contributed by atoms with Crippen LogP contribution in [-0.4, -0.2) is 18.3 Å². The fourth-order valence-electron chi connectivity index (χ4n) is 1.96. The lowest BCUT2D eigenvalue weighted by Crippen LogP contribution is -2.26. The van der Waals surface area contributed by atoms with Crippen LogP contribution in [0.25, 0.3) is 0 Å². The van der Waals surface area contributed by atoms with Gasteiger partial charge in [0.15, 0.2) is 0 Å². The molecule has 6 heteroatoms. The number of aliphatic hydroxyl groups excluding tert-OH is 1. The van der Waals surface area contributed by atoms with E-state index in [0.717, 1.165) is 25.0 Å². The van der Waals surface area contributed by atoms with Gasteiger partial charge in [0.1, 0.15) is 5.75 Å². The number of halogens is 3. The van der Waals surface area contributed by atoms with Crippen molar-refractivity contribution in [2.75, 3.05) is 7.11 Å². The van der Waals surface area contributed by atoms with Crippen LogP contribution < -0.4 is 10.5 Å². The predicted molar refractivity (Wildman–Crippen MR) is 70.5 cm³/mol. The minimum absolute atomic E-state index is 0.0443. The molecule has 0 saturated carbocycles. The second-order valence-corrected chi connectivity index (χ2v) is 4.69. The van der Waals surface area contributed by atoms with Gasteiger partial charge in [-0.1, -0.05) is 25.8 Å². The van der Waals surface area contributed by atoms with Crippen molar-refractivity contribution in [1.29, 1.82) is 0 Å². The van der Waals surface area contributed by atoms with Gasteiger partial charge >= 0.3 is 6.18 Å². The minimum atomic E-state index is -4.43. The molecule has 20 heavy (non-hydrogen) atoms. The molecular formula is C14H20F3NO2. The first-order valence-electron chi connectivity index (χ1n) is 6.50. The number of benzene rings is 1. The Balaban J connectivity index is 3.00. The van der Waals surface area contributed by atoms with Gasteiger partial charge in [0.05, 0.1) is 24.8 Å². The van der Waals surface area contributed by atoms with E-state index in [1.165, 1.54) is 13.2 Å². The maximum absolute atomic E-state index is 12.6. The number of aliphatic hydroxyl groups is 1. The van der Waals surface area contributed by atoms with Gasteiger partial charge in [0, 0.05) is 5.56 Å². The van der Waals surface area contributed by atoms with E-state index in [0.29, 0.717) is 12.0 Å². The third-order valence-corrected chi connectivity index (χ3v) is 3.19. The van der Waals surface area contributed by atoms with Crippen molar-refractivity contribution >= 4 is 0 Å². The summed E-state index contributed by atoms with van der Waals surface area (Å²) in [5.41, 5.74) is 5.48. The summed E-state index contributed by atoms with van der Waals surface area (Å²) >= 11 is 0. The zero-order valence-corrected chi connectivity index (χ0v) is 11.6. The SMILES string of the molecule is CCCC[C@@H](O)[C@@H](N)c1ccc(C(F)(F)F)cc1OC. The van der Waals surface area contributed by atoms with Gasteiger partial charge in [0.2, 0.25) is 0 Å². The molecule has 3 N–H and O–H groups in total. The fourth-order valence-corrected chi connectivity index (χ4v) is 1.96. The van der Waals surface area contributed by atoms with E-state index in [1.807, 2.05) is 6.92 Å². The van der Waals surface area contributed by atoms with E-state index in [2.05, 4.69) is 0 Å². The standard InChI is InChI=1S/C14H20F3NO2/c1-3-4-5-11(19)13(18)10-7-6-9(14(15,16)17)8-12(10)20-2/h6-8,11,13,19H,3-5,18H2,1-2H3/t11-,13+/m1/s1. The number of methoxy groups -OCH3 is 1. The highest BCUT2D eigenvalue weighted by atomic mass is 19.4. The Bertz CT molecular complexity index is 435. The lowest BCUT2D eigenvalue weighted by Gasteiger charge is -2.22. The summed E-state index contributed by atoms with van der Waals surface area (Å²) in [7, 11) is 1.28. The zero-order valence-electron chi connectivity index (χ0n) is 11.6. The molecule has 0 spiro atoms. The molecule has 3 nitrogen and oxygen atoms in total. The third-order valence-electron chi connectivity index (χ3n) is 3.19. The Kier molecular flexibility index (Phi) is 5.83. The van der Waals surface area contributed by atoms with Crippen molar-refractivity contribution in [2.24, 2.45) is 5.73 Å². The Labute approximate surface area is 116 Å². The second kappa shape index (κ2) is 6.95. The number of ether oxygens (including phenoxy) is 1. The molecule has 0 aliphatic heterocycles. The van der Waals surface area contributed by atoms with E-state index in [1.54, 1.807) is 0 Å². The van der Waals surface area contributed by atoms with E-state index in [-0.39, 0.29) is 5.75 Å². The number of hydrogen-bond acceptors (Lipinski definition) is 3. The van der Waals surface area contributed by atoms with Crippen LogP contribution >= 0.6 is 0 Å². The first kappa shape index (κ1) is 16.8. The van der Waals surface area contributed by atoms with Crippen LogP contribution in [0.5, 0.6) is 5.75 Å². The lowest BCUT2D eigenvalue weighted by atomic mass is 9.96. The molecule has 2 atom stereocenters. The summed E-state index contributed by atoms with van der Waals surface area (Å²) in [4.78, 5) is 0. The van der Waals surface area contributed by atoms with E-state index in [4.69, 9.17) is 10.5 Å². The van der Waals surface area contributed by atoms with Gasteiger partial charge < -0.3 is 15.6 Å². The lowest BCUT2D eigenvalue weighted by molar-refractivity contribution is -0.137. The number of unbranched alkanes of at least 4 members (excludes halogenated alkanes) is 1. The zero-order chi connectivity index (χ0) is 15.3. The highest BCUT2D eigenvalue weighted by molar-refractivity contribution is 5.41. The molecule has 0 aliphatic rings. The molecule has 1 aromatic rings. The summed E-state index contributed by atoms with van der Waals surface area (Å²) in [5.74, 6) is 0.0443. The van der Waals surface area contributed by atoms with Crippen molar-refractivity contribution in [1.82, 2.24) is 0 Å². The largest absolute Gasteiger partial charge is 0.496 e. The molecule has 1 rings (SSSR count). The molecule has 0 aliphatic carbocycles. The van der Waals surface area contributed by atoms with Crippen molar-refractivity contribution in [3.05, 3.63) is 29.3 Å². The Morgan fingerprint density at radius 1 is 1.35 bits per heavy atom. The summed E-state index contributed by atoms with van der Waals surface area (Å²) in [5, 5.41) is 9.95. The summed E-state index contributed by atoms with van der Waals surface area (Å²) < 4.78 is 42.8. The summed E-state index contributed by atoms with van der Waals surface area (Å²) in [6.07, 6.45) is -3.02. The first-order valence-corrected chi connectivity index (χ1v) is 6.50. The topological polar surface area (TPSA) is 55.5 Å². The van der Waals surface area contributed by atoms with Gasteiger partial charge in [-0.05, 0) is 18.6 Å². The van der Waals surface area contributed by atoms with Gasteiger partial charge in [-0.25, -0.2) is 0 Å². The molecule has 0 fully saturated rings. The highest BCUT2D eigenvalue weighted by Crippen LogP contribution is 2.35. The Hall–Kier alpha value is -1.27. The maximum Gasteiger partial charge on any atom is 0.416 e. The predicted octanol–water partition coefficient (Wildman–Crippen LogP) is 3.26. The van der Waals surface area contributed by atoms with Crippen molar-refractivity contribution < 1.29 is 23.0 Å². The molecule has 0 heterocycles. The molecule has 114 valence electrons. The number of rotatable bonds is 6. The van der Waals surface area contributed by atoms with Crippen LogP contribution in [-0.2, 0) is 6.18 Å². The van der Waals surface area contributed by atoms with Crippen LogP contribution in [0.2, 0.25) is 0 Å². The molecule has 0 saturated heterocycles. The van der Waals surface area contributed by atoms with Crippen molar-refractivity contribution in [3.63, 3.8) is 0 Å². The van der Waals surface area contributed by atoms with E-state index in [9.17, 15) is 18.3 Å². The number of alkyl halides is 3. The van der Waals surface area contributed by atoms with Gasteiger partial charge in [-0.15, -0.1) is 0 Å². The Morgan fingerprint density at radius 2 is 2.00 bits per heavy atom. The highest BCUT2D eigenvalue weighted by Gasteiger charge is 2.32. The average molecular weight is 291 g/mol. The number of hydrogen-bond donors (Lipinski definition) is 2. The van der Waals surface area contributed by atoms with Gasteiger partial charge in [-0.3, -0.25) is 0 Å². The second-order valence-electron chi connectivity index (χ2n) is 4.69. The third kappa shape index (κ3) is 4.11. The van der Waals surface area contributed by atoms with Gasteiger partial charge in [0.25, 0.3) is 0 Å². The quantitative estimate of drug-likeness (QED) is 0.845. The summed E-state index contributed by atoms with van der Waals surface area (Å²) in [6.45, 7) is 1.98. The molecule has 0 radical (unpaired) electrons. The minimum Gasteiger partial charge on any atom is -0.496 e. The van der Waals surface area contributed by atoms with Gasteiger partial charge in [-0.2, -0.15) is 13.2 Å². The van der Waals surface area contributed by atoms with Crippen molar-refractivity contribution in [2.45, 2.75) is 44.5 Å². The molecule has 0 bridgehead atoms.